The molecule has 1 amide bonds. The van der Waals surface area contributed by atoms with Crippen LogP contribution in [0.4, 0.5) is 15.8 Å². The summed E-state index contributed by atoms with van der Waals surface area (Å²) in [4.78, 5) is 12.1. The molecule has 0 spiro atoms. The van der Waals surface area contributed by atoms with Gasteiger partial charge in [0.25, 0.3) is 0 Å². The van der Waals surface area contributed by atoms with E-state index in [0.29, 0.717) is 16.9 Å². The molecule has 0 aromatic heterocycles. The second-order valence-electron chi connectivity index (χ2n) is 5.68. The molecule has 0 aliphatic carbocycles. The molecule has 0 aliphatic rings. The second-order valence-corrected chi connectivity index (χ2v) is 7.80. The maximum atomic E-state index is 12.8. The van der Waals surface area contributed by atoms with Crippen molar-refractivity contribution in [3.63, 3.8) is 0 Å². The van der Waals surface area contributed by atoms with Crippen molar-refractivity contribution in [2.75, 3.05) is 31.3 Å². The Bertz CT molecular complexity index is 865. The predicted molar refractivity (Wildman–Crippen MR) is 95.6 cm³/mol. The van der Waals surface area contributed by atoms with Gasteiger partial charge >= 0.3 is 0 Å². The maximum Gasteiger partial charge on any atom is 0.243 e. The van der Waals surface area contributed by atoms with Crippen LogP contribution < -0.4 is 10.6 Å². The van der Waals surface area contributed by atoms with Crippen LogP contribution in [0, 0.1) is 12.7 Å². The number of sulfonamides is 1. The summed E-state index contributed by atoms with van der Waals surface area (Å²) in [5.74, 6) is -0.713. The lowest BCUT2D eigenvalue weighted by atomic mass is 10.2. The van der Waals surface area contributed by atoms with Gasteiger partial charge in [0.2, 0.25) is 15.9 Å². The topological polar surface area (TPSA) is 78.5 Å². The van der Waals surface area contributed by atoms with E-state index in [-0.39, 0.29) is 23.2 Å². The fourth-order valence-corrected chi connectivity index (χ4v) is 3.25. The summed E-state index contributed by atoms with van der Waals surface area (Å²) in [6.07, 6.45) is 0. The van der Waals surface area contributed by atoms with Crippen LogP contribution in [-0.4, -0.2) is 39.3 Å². The van der Waals surface area contributed by atoms with Crippen molar-refractivity contribution in [3.8, 4) is 0 Å². The Morgan fingerprint density at radius 1 is 1.08 bits per heavy atom. The van der Waals surface area contributed by atoms with Gasteiger partial charge in [-0.15, -0.1) is 0 Å². The molecule has 134 valence electrons. The van der Waals surface area contributed by atoms with Crippen molar-refractivity contribution in [1.29, 1.82) is 0 Å². The van der Waals surface area contributed by atoms with Gasteiger partial charge in [-0.3, -0.25) is 4.79 Å². The summed E-state index contributed by atoms with van der Waals surface area (Å²) in [6, 6.07) is 10.3. The number of hydrogen-bond donors (Lipinski definition) is 2. The Kier molecular flexibility index (Phi) is 5.76. The molecule has 2 aromatic rings. The minimum absolute atomic E-state index is 0.0537. The van der Waals surface area contributed by atoms with E-state index in [1.807, 2.05) is 0 Å². The van der Waals surface area contributed by atoms with E-state index in [0.717, 1.165) is 4.31 Å². The van der Waals surface area contributed by atoms with E-state index in [1.165, 1.54) is 44.4 Å². The first-order chi connectivity index (χ1) is 11.7. The summed E-state index contributed by atoms with van der Waals surface area (Å²) >= 11 is 0. The fourth-order valence-electron chi connectivity index (χ4n) is 2.11. The molecular formula is C17H20FN3O3S. The van der Waals surface area contributed by atoms with Gasteiger partial charge in [-0.1, -0.05) is 6.07 Å². The SMILES string of the molecule is Cc1ccc(NCC(=O)Nc2ccc(F)cc2)cc1S(=O)(=O)N(C)C. The molecule has 2 N–H and O–H groups in total. The lowest BCUT2D eigenvalue weighted by molar-refractivity contribution is -0.114. The molecule has 6 nitrogen and oxygen atoms in total. The van der Waals surface area contributed by atoms with Crippen molar-refractivity contribution in [1.82, 2.24) is 4.31 Å². The number of nitrogens with zero attached hydrogens (tertiary/aromatic N) is 1. The zero-order chi connectivity index (χ0) is 18.6. The average molecular weight is 365 g/mol. The molecule has 8 heteroatoms. The maximum absolute atomic E-state index is 12.8. The highest BCUT2D eigenvalue weighted by molar-refractivity contribution is 7.89. The van der Waals surface area contributed by atoms with Crippen molar-refractivity contribution in [3.05, 3.63) is 53.8 Å². The molecule has 2 rings (SSSR count). The van der Waals surface area contributed by atoms with Crippen LogP contribution in [0.15, 0.2) is 47.4 Å². The third kappa shape index (κ3) is 4.77. The number of amides is 1. The summed E-state index contributed by atoms with van der Waals surface area (Å²) < 4.78 is 38.6. The van der Waals surface area contributed by atoms with Gasteiger partial charge in [0, 0.05) is 25.5 Å². The minimum Gasteiger partial charge on any atom is -0.376 e. The molecule has 0 unspecified atom stereocenters. The quantitative estimate of drug-likeness (QED) is 0.824. The summed E-state index contributed by atoms with van der Waals surface area (Å²) in [7, 11) is -0.637. The molecular weight excluding hydrogens is 345 g/mol. The lowest BCUT2D eigenvalue weighted by Crippen LogP contribution is -2.24. The standard InChI is InChI=1S/C17H20FN3O3S/c1-12-4-7-15(10-16(12)25(23,24)21(2)3)19-11-17(22)20-14-8-5-13(18)6-9-14/h4-10,19H,11H2,1-3H3,(H,20,22). The highest BCUT2D eigenvalue weighted by Gasteiger charge is 2.20. The molecule has 0 atom stereocenters. The number of rotatable bonds is 6. The van der Waals surface area contributed by atoms with Gasteiger partial charge in [0.1, 0.15) is 5.82 Å². The molecule has 2 aromatic carbocycles. The molecule has 0 fully saturated rings. The molecule has 0 aliphatic heterocycles. The molecule has 0 heterocycles. The minimum atomic E-state index is -3.56. The van der Waals surface area contributed by atoms with Crippen molar-refractivity contribution < 1.29 is 17.6 Å². The van der Waals surface area contributed by atoms with Gasteiger partial charge in [-0.25, -0.2) is 17.1 Å². The summed E-state index contributed by atoms with van der Waals surface area (Å²) in [5, 5.41) is 5.50. The lowest BCUT2D eigenvalue weighted by Gasteiger charge is -2.15. The van der Waals surface area contributed by atoms with E-state index in [4.69, 9.17) is 0 Å². The smallest absolute Gasteiger partial charge is 0.243 e. The third-order valence-electron chi connectivity index (χ3n) is 3.53. The Morgan fingerprint density at radius 2 is 1.68 bits per heavy atom. The Balaban J connectivity index is 2.06. The number of nitrogens with one attached hydrogen (secondary N) is 2. The average Bonchev–Trinajstić information content (AvgIpc) is 2.56. The van der Waals surface area contributed by atoms with Crippen molar-refractivity contribution in [2.24, 2.45) is 0 Å². The summed E-state index contributed by atoms with van der Waals surface area (Å²) in [5.41, 5.74) is 1.61. The van der Waals surface area contributed by atoms with E-state index in [2.05, 4.69) is 10.6 Å². The van der Waals surface area contributed by atoms with Gasteiger partial charge < -0.3 is 10.6 Å². The monoisotopic (exact) mass is 365 g/mol. The van der Waals surface area contributed by atoms with Gasteiger partial charge in [-0.2, -0.15) is 0 Å². The zero-order valence-electron chi connectivity index (χ0n) is 14.2. The highest BCUT2D eigenvalue weighted by Crippen LogP contribution is 2.22. The Hall–Kier alpha value is -2.45. The van der Waals surface area contributed by atoms with Crippen molar-refractivity contribution in [2.45, 2.75) is 11.8 Å². The van der Waals surface area contributed by atoms with Crippen LogP contribution >= 0.6 is 0 Å². The van der Waals surface area contributed by atoms with Crippen LogP contribution in [0.2, 0.25) is 0 Å². The fraction of sp³-hybridized carbons (Fsp3) is 0.235. The molecule has 0 radical (unpaired) electrons. The number of benzene rings is 2. The number of halogens is 1. The van der Waals surface area contributed by atoms with E-state index < -0.39 is 10.0 Å². The molecule has 0 saturated carbocycles. The van der Waals surface area contributed by atoms with E-state index >= 15 is 0 Å². The first-order valence-corrected chi connectivity index (χ1v) is 8.96. The largest absolute Gasteiger partial charge is 0.376 e. The number of carbonyl (C=O) groups is 1. The van der Waals surface area contributed by atoms with Crippen LogP contribution in [0.5, 0.6) is 0 Å². The van der Waals surface area contributed by atoms with Crippen LogP contribution in [0.25, 0.3) is 0 Å². The van der Waals surface area contributed by atoms with Gasteiger partial charge in [0.05, 0.1) is 11.4 Å². The summed E-state index contributed by atoms with van der Waals surface area (Å²) in [6.45, 7) is 1.66. The molecule has 0 bridgehead atoms. The number of aryl methyl sites for hydroxylation is 1. The number of anilines is 2. The van der Waals surface area contributed by atoms with Crippen LogP contribution in [-0.2, 0) is 14.8 Å². The first-order valence-electron chi connectivity index (χ1n) is 7.52. The molecule has 25 heavy (non-hydrogen) atoms. The van der Waals surface area contributed by atoms with E-state index in [1.54, 1.807) is 19.1 Å². The zero-order valence-corrected chi connectivity index (χ0v) is 15.0. The predicted octanol–water partition coefficient (Wildman–Crippen LogP) is 2.44. The highest BCUT2D eigenvalue weighted by atomic mass is 32.2. The third-order valence-corrected chi connectivity index (χ3v) is 5.48. The molecule has 0 saturated heterocycles. The normalized spacial score (nSPS) is 11.4. The van der Waals surface area contributed by atoms with Crippen molar-refractivity contribution >= 4 is 27.3 Å². The number of carbonyl (C=O) groups excluding carboxylic acids is 1. The van der Waals surface area contributed by atoms with Gasteiger partial charge in [-0.05, 0) is 48.9 Å². The van der Waals surface area contributed by atoms with Crippen LogP contribution in [0.3, 0.4) is 0 Å². The second kappa shape index (κ2) is 7.62. The van der Waals surface area contributed by atoms with E-state index in [9.17, 15) is 17.6 Å². The van der Waals surface area contributed by atoms with Gasteiger partial charge in [0.15, 0.2) is 0 Å². The first kappa shape index (κ1) is 18.9. The van der Waals surface area contributed by atoms with Crippen LogP contribution in [0.1, 0.15) is 5.56 Å². The Morgan fingerprint density at radius 3 is 2.28 bits per heavy atom. The number of hydrogen-bond acceptors (Lipinski definition) is 4. The Labute approximate surface area is 146 Å².